The van der Waals surface area contributed by atoms with E-state index in [0.29, 0.717) is 31.1 Å². The molecule has 0 unspecified atom stereocenters. The fraction of sp³-hybridized carbons (Fsp3) is 0.182. The Bertz CT molecular complexity index is 1000. The van der Waals surface area contributed by atoms with Crippen molar-refractivity contribution in [1.82, 2.24) is 10.3 Å². The molecule has 1 aliphatic rings. The van der Waals surface area contributed by atoms with Crippen LogP contribution in [-0.4, -0.2) is 24.1 Å². The van der Waals surface area contributed by atoms with Crippen LogP contribution in [0.4, 0.5) is 11.4 Å². The lowest BCUT2D eigenvalue weighted by Gasteiger charge is -2.19. The normalized spacial score (nSPS) is 12.3. The first kappa shape index (κ1) is 17.9. The minimum atomic E-state index is -0.167. The standard InChI is InChI=1S/C22H21N3O3/c1-15-3-2-4-16(9-15)12-24-22(26)17-10-19(14-23-13-17)25-18-5-6-20-21(11-18)28-8-7-27-20/h2-6,9-11,13-14,25H,7-8,12H2,1H3,(H,24,26). The number of nitrogens with one attached hydrogen (secondary N) is 2. The topological polar surface area (TPSA) is 72.5 Å². The van der Waals surface area contributed by atoms with E-state index in [1.165, 1.54) is 5.56 Å². The molecular weight excluding hydrogens is 354 g/mol. The van der Waals surface area contributed by atoms with Crippen LogP contribution in [0.5, 0.6) is 11.5 Å². The van der Waals surface area contributed by atoms with Crippen LogP contribution in [0, 0.1) is 6.92 Å². The van der Waals surface area contributed by atoms with Gasteiger partial charge in [-0.05, 0) is 30.7 Å². The summed E-state index contributed by atoms with van der Waals surface area (Å²) in [5.41, 5.74) is 4.28. The zero-order chi connectivity index (χ0) is 19.3. The van der Waals surface area contributed by atoms with Crippen molar-refractivity contribution in [3.05, 3.63) is 77.6 Å². The summed E-state index contributed by atoms with van der Waals surface area (Å²) in [5, 5.41) is 6.18. The average molecular weight is 375 g/mol. The third-order valence-corrected chi connectivity index (χ3v) is 4.37. The molecule has 0 radical (unpaired) electrons. The molecule has 1 amide bonds. The van der Waals surface area contributed by atoms with E-state index in [4.69, 9.17) is 9.47 Å². The van der Waals surface area contributed by atoms with Crippen molar-refractivity contribution in [2.45, 2.75) is 13.5 Å². The highest BCUT2D eigenvalue weighted by atomic mass is 16.6. The Morgan fingerprint density at radius 2 is 1.86 bits per heavy atom. The maximum absolute atomic E-state index is 12.5. The fourth-order valence-electron chi connectivity index (χ4n) is 3.03. The van der Waals surface area contributed by atoms with Gasteiger partial charge in [0.2, 0.25) is 0 Å². The number of pyridine rings is 1. The summed E-state index contributed by atoms with van der Waals surface area (Å²) in [4.78, 5) is 16.7. The van der Waals surface area contributed by atoms with Crippen molar-refractivity contribution in [3.63, 3.8) is 0 Å². The monoisotopic (exact) mass is 375 g/mol. The summed E-state index contributed by atoms with van der Waals surface area (Å²) in [6, 6.07) is 15.5. The first-order valence-corrected chi connectivity index (χ1v) is 9.13. The van der Waals surface area contributed by atoms with E-state index >= 15 is 0 Å². The second kappa shape index (κ2) is 8.00. The van der Waals surface area contributed by atoms with Crippen molar-refractivity contribution in [1.29, 1.82) is 0 Å². The van der Waals surface area contributed by atoms with Crippen molar-refractivity contribution in [2.75, 3.05) is 18.5 Å². The average Bonchev–Trinajstić information content (AvgIpc) is 2.72. The minimum Gasteiger partial charge on any atom is -0.486 e. The third-order valence-electron chi connectivity index (χ3n) is 4.37. The van der Waals surface area contributed by atoms with Crippen LogP contribution >= 0.6 is 0 Å². The van der Waals surface area contributed by atoms with Gasteiger partial charge in [-0.1, -0.05) is 29.8 Å². The fourth-order valence-corrected chi connectivity index (χ4v) is 3.03. The predicted octanol–water partition coefficient (Wildman–Crippen LogP) is 3.83. The lowest BCUT2D eigenvalue weighted by Crippen LogP contribution is -2.23. The van der Waals surface area contributed by atoms with Crippen molar-refractivity contribution in [3.8, 4) is 11.5 Å². The zero-order valence-corrected chi connectivity index (χ0v) is 15.6. The lowest BCUT2D eigenvalue weighted by molar-refractivity contribution is 0.0950. The van der Waals surface area contributed by atoms with Gasteiger partial charge in [-0.3, -0.25) is 9.78 Å². The molecule has 1 aliphatic heterocycles. The molecule has 2 heterocycles. The SMILES string of the molecule is Cc1cccc(CNC(=O)c2cncc(Nc3ccc4c(c3)OCCO4)c2)c1. The molecule has 0 aliphatic carbocycles. The van der Waals surface area contributed by atoms with E-state index in [9.17, 15) is 4.79 Å². The molecule has 0 saturated carbocycles. The van der Waals surface area contributed by atoms with Crippen LogP contribution in [0.3, 0.4) is 0 Å². The Balaban J connectivity index is 1.43. The van der Waals surface area contributed by atoms with Crippen LogP contribution in [0.1, 0.15) is 21.5 Å². The first-order valence-electron chi connectivity index (χ1n) is 9.13. The smallest absolute Gasteiger partial charge is 0.253 e. The number of aryl methyl sites for hydroxylation is 1. The summed E-state index contributed by atoms with van der Waals surface area (Å²) < 4.78 is 11.1. The number of ether oxygens (including phenoxy) is 2. The van der Waals surface area contributed by atoms with Gasteiger partial charge in [-0.15, -0.1) is 0 Å². The van der Waals surface area contributed by atoms with Crippen LogP contribution in [0.2, 0.25) is 0 Å². The number of aromatic nitrogens is 1. The number of benzene rings is 2. The van der Waals surface area contributed by atoms with E-state index in [2.05, 4.69) is 21.7 Å². The van der Waals surface area contributed by atoms with E-state index in [1.54, 1.807) is 18.5 Å². The molecule has 3 aromatic rings. The van der Waals surface area contributed by atoms with Crippen LogP contribution < -0.4 is 20.1 Å². The van der Waals surface area contributed by atoms with Gasteiger partial charge >= 0.3 is 0 Å². The molecule has 1 aromatic heterocycles. The number of carbonyl (C=O) groups is 1. The molecule has 2 aromatic carbocycles. The van der Waals surface area contributed by atoms with Gasteiger partial charge in [0.25, 0.3) is 5.91 Å². The van der Waals surface area contributed by atoms with Crippen molar-refractivity contribution >= 4 is 17.3 Å². The largest absolute Gasteiger partial charge is 0.486 e. The molecule has 6 heteroatoms. The highest BCUT2D eigenvalue weighted by molar-refractivity contribution is 5.94. The number of hydrogen-bond acceptors (Lipinski definition) is 5. The number of amides is 1. The minimum absolute atomic E-state index is 0.167. The molecule has 0 atom stereocenters. The maximum atomic E-state index is 12.5. The van der Waals surface area contributed by atoms with Crippen molar-refractivity contribution in [2.24, 2.45) is 0 Å². The van der Waals surface area contributed by atoms with E-state index < -0.39 is 0 Å². The van der Waals surface area contributed by atoms with E-state index in [1.807, 2.05) is 43.3 Å². The summed E-state index contributed by atoms with van der Waals surface area (Å²) in [6.07, 6.45) is 3.23. The second-order valence-corrected chi connectivity index (χ2v) is 6.62. The quantitative estimate of drug-likeness (QED) is 0.709. The van der Waals surface area contributed by atoms with Gasteiger partial charge < -0.3 is 20.1 Å². The number of hydrogen-bond donors (Lipinski definition) is 2. The molecule has 6 nitrogen and oxygen atoms in total. The Kier molecular flexibility index (Phi) is 5.10. The van der Waals surface area contributed by atoms with E-state index in [0.717, 1.165) is 22.7 Å². The highest BCUT2D eigenvalue weighted by Gasteiger charge is 2.12. The number of fused-ring (bicyclic) bond motifs is 1. The Morgan fingerprint density at radius 1 is 1.00 bits per heavy atom. The number of nitrogens with zero attached hydrogens (tertiary/aromatic N) is 1. The van der Waals surface area contributed by atoms with Gasteiger partial charge in [0.05, 0.1) is 17.4 Å². The molecule has 28 heavy (non-hydrogen) atoms. The Labute approximate surface area is 163 Å². The first-order chi connectivity index (χ1) is 13.7. The van der Waals surface area contributed by atoms with Crippen LogP contribution in [0.25, 0.3) is 0 Å². The van der Waals surface area contributed by atoms with Crippen LogP contribution in [0.15, 0.2) is 60.9 Å². The zero-order valence-electron chi connectivity index (χ0n) is 15.6. The van der Waals surface area contributed by atoms with Gasteiger partial charge in [0.1, 0.15) is 13.2 Å². The summed E-state index contributed by atoms with van der Waals surface area (Å²) in [6.45, 7) is 3.60. The molecular formula is C22H21N3O3. The summed E-state index contributed by atoms with van der Waals surface area (Å²) in [7, 11) is 0. The Hall–Kier alpha value is -3.54. The summed E-state index contributed by atoms with van der Waals surface area (Å²) >= 11 is 0. The molecule has 4 rings (SSSR count). The van der Waals surface area contributed by atoms with Gasteiger partial charge in [0, 0.05) is 24.5 Å². The van der Waals surface area contributed by atoms with Gasteiger partial charge in [-0.25, -0.2) is 0 Å². The van der Waals surface area contributed by atoms with E-state index in [-0.39, 0.29) is 5.91 Å². The molecule has 2 N–H and O–H groups in total. The molecule has 0 fully saturated rings. The third kappa shape index (κ3) is 4.23. The molecule has 0 spiro atoms. The lowest BCUT2D eigenvalue weighted by atomic mass is 10.1. The number of rotatable bonds is 5. The molecule has 142 valence electrons. The number of carbonyl (C=O) groups excluding carboxylic acids is 1. The van der Waals surface area contributed by atoms with Crippen LogP contribution in [-0.2, 0) is 6.54 Å². The highest BCUT2D eigenvalue weighted by Crippen LogP contribution is 2.33. The number of anilines is 2. The summed E-state index contributed by atoms with van der Waals surface area (Å²) in [5.74, 6) is 1.27. The predicted molar refractivity (Wildman–Crippen MR) is 107 cm³/mol. The van der Waals surface area contributed by atoms with Gasteiger partial charge in [-0.2, -0.15) is 0 Å². The molecule has 0 bridgehead atoms. The Morgan fingerprint density at radius 3 is 2.71 bits per heavy atom. The maximum Gasteiger partial charge on any atom is 0.253 e. The molecule has 0 saturated heterocycles. The van der Waals surface area contributed by atoms with Gasteiger partial charge in [0.15, 0.2) is 11.5 Å². The van der Waals surface area contributed by atoms with Crippen molar-refractivity contribution < 1.29 is 14.3 Å². The second-order valence-electron chi connectivity index (χ2n) is 6.62.